The second-order valence-corrected chi connectivity index (χ2v) is 11.6. The fourth-order valence-corrected chi connectivity index (χ4v) is 6.59. The molecule has 0 bridgehead atoms. The summed E-state index contributed by atoms with van der Waals surface area (Å²) in [4.78, 5) is 11.0. The van der Waals surface area contributed by atoms with Gasteiger partial charge in [-0.1, -0.05) is 34.4 Å². The minimum absolute atomic E-state index is 0.0195. The maximum absolute atomic E-state index is 9.18. The van der Waals surface area contributed by atoms with E-state index >= 15 is 0 Å². The van der Waals surface area contributed by atoms with Crippen molar-refractivity contribution in [3.8, 4) is 17.0 Å². The summed E-state index contributed by atoms with van der Waals surface area (Å²) < 4.78 is 11.7. The van der Waals surface area contributed by atoms with Crippen LogP contribution in [-0.4, -0.2) is 46.5 Å². The van der Waals surface area contributed by atoms with Gasteiger partial charge in [-0.15, -0.1) is 0 Å². The molecule has 7 nitrogen and oxygen atoms in total. The number of allylic oxidation sites excluding steroid dienone is 2. The molecule has 1 aromatic carbocycles. The molecule has 200 valence electrons. The summed E-state index contributed by atoms with van der Waals surface area (Å²) in [6.45, 7) is 2.18. The Bertz CT molecular complexity index is 1570. The van der Waals surface area contributed by atoms with Crippen molar-refractivity contribution in [2.45, 2.75) is 38.0 Å². The number of aromatic nitrogens is 3. The van der Waals surface area contributed by atoms with Crippen LogP contribution in [0.4, 0.5) is 5.69 Å². The monoisotopic (exact) mass is 562 g/mol. The van der Waals surface area contributed by atoms with Crippen LogP contribution >= 0.6 is 23.2 Å². The maximum atomic E-state index is 9.18. The summed E-state index contributed by atoms with van der Waals surface area (Å²) in [5, 5.41) is 15.6. The number of benzene rings is 1. The second-order valence-electron chi connectivity index (χ2n) is 10.8. The van der Waals surface area contributed by atoms with E-state index < -0.39 is 0 Å². The number of rotatable bonds is 7. The fourth-order valence-electron chi connectivity index (χ4n) is 6.04. The highest BCUT2D eigenvalue weighted by molar-refractivity contribution is 6.39. The molecule has 4 aromatic rings. The number of piperidine rings is 1. The van der Waals surface area contributed by atoms with Crippen LogP contribution in [0.3, 0.4) is 0 Å². The number of anilines is 1. The molecule has 1 N–H and O–H groups in total. The lowest BCUT2D eigenvalue weighted by molar-refractivity contribution is 0.203. The van der Waals surface area contributed by atoms with E-state index in [9.17, 15) is 5.11 Å². The number of aliphatic hydroxyl groups is 1. The van der Waals surface area contributed by atoms with Gasteiger partial charge >= 0.3 is 0 Å². The minimum Gasteiger partial charge on any atom is -0.490 e. The summed E-state index contributed by atoms with van der Waals surface area (Å²) in [7, 11) is 0. The molecule has 2 aliphatic carbocycles. The number of ether oxygens (including phenoxy) is 1. The van der Waals surface area contributed by atoms with Crippen LogP contribution in [-0.2, 0) is 0 Å². The Morgan fingerprint density at radius 1 is 1.08 bits per heavy atom. The topological polar surface area (TPSA) is 84.5 Å². The number of fused-ring (bicyclic) bond motifs is 1. The SMILES string of the molecule is OCCOc1ccnc2ccc(N3CCC4(C=C(c5c(-c6c(Cl)cncc6Cl)noc5C5CC5)C4)CC3)cc12. The number of pyridine rings is 2. The largest absolute Gasteiger partial charge is 0.490 e. The molecule has 0 atom stereocenters. The minimum atomic E-state index is -0.0195. The maximum Gasteiger partial charge on any atom is 0.147 e. The van der Waals surface area contributed by atoms with Crippen LogP contribution in [0.15, 0.2) is 53.5 Å². The predicted molar refractivity (Wildman–Crippen MR) is 153 cm³/mol. The van der Waals surface area contributed by atoms with Gasteiger partial charge in [-0.25, -0.2) is 0 Å². The standard InChI is InChI=1S/C30H28Cl2N4O3/c31-22-16-33-17-23(32)27(22)28-26(29(39-35-28)18-1-2-18)19-14-30(15-19)6-9-36(10-7-30)20-3-4-24-21(13-20)25(5-8-34-24)38-12-11-37/h3-5,8,13-14,16-18,37H,1-2,6-7,9-12,15H2. The van der Waals surface area contributed by atoms with Gasteiger partial charge in [-0.2, -0.15) is 0 Å². The zero-order chi connectivity index (χ0) is 26.6. The molecule has 2 fully saturated rings. The first-order valence-corrected chi connectivity index (χ1v) is 14.2. The molecule has 7 rings (SSSR count). The summed E-state index contributed by atoms with van der Waals surface area (Å²) in [5.74, 6) is 2.14. The molecule has 4 heterocycles. The highest BCUT2D eigenvalue weighted by Crippen LogP contribution is 2.56. The summed E-state index contributed by atoms with van der Waals surface area (Å²) in [6.07, 6.45) is 12.8. The molecule has 1 spiro atoms. The lowest BCUT2D eigenvalue weighted by Crippen LogP contribution is -2.42. The molecule has 39 heavy (non-hydrogen) atoms. The zero-order valence-electron chi connectivity index (χ0n) is 21.4. The average molecular weight is 563 g/mol. The Morgan fingerprint density at radius 3 is 2.56 bits per heavy atom. The van der Waals surface area contributed by atoms with Gasteiger partial charge < -0.3 is 19.3 Å². The number of aliphatic hydroxyl groups excluding tert-OH is 1. The quantitative estimate of drug-likeness (QED) is 0.262. The Balaban J connectivity index is 1.13. The number of nitrogens with zero attached hydrogens (tertiary/aromatic N) is 4. The van der Waals surface area contributed by atoms with Crippen molar-refractivity contribution in [2.75, 3.05) is 31.2 Å². The molecule has 1 saturated heterocycles. The van der Waals surface area contributed by atoms with Crippen molar-refractivity contribution < 1.29 is 14.4 Å². The fraction of sp³-hybridized carbons (Fsp3) is 0.367. The van der Waals surface area contributed by atoms with Crippen molar-refractivity contribution in [2.24, 2.45) is 5.41 Å². The molecular weight excluding hydrogens is 535 g/mol. The van der Waals surface area contributed by atoms with E-state index in [4.69, 9.17) is 32.5 Å². The Hall–Kier alpha value is -3.13. The van der Waals surface area contributed by atoms with Crippen LogP contribution in [0.1, 0.15) is 49.3 Å². The second kappa shape index (κ2) is 9.81. The van der Waals surface area contributed by atoms with E-state index in [-0.39, 0.29) is 18.6 Å². The molecule has 0 radical (unpaired) electrons. The van der Waals surface area contributed by atoms with Crippen molar-refractivity contribution >= 4 is 45.4 Å². The van der Waals surface area contributed by atoms with Gasteiger partial charge in [0.15, 0.2) is 0 Å². The van der Waals surface area contributed by atoms with Crippen LogP contribution in [0.5, 0.6) is 5.75 Å². The van der Waals surface area contributed by atoms with E-state index in [0.717, 1.165) is 78.9 Å². The highest BCUT2D eigenvalue weighted by Gasteiger charge is 2.44. The van der Waals surface area contributed by atoms with Crippen molar-refractivity contribution in [1.29, 1.82) is 0 Å². The van der Waals surface area contributed by atoms with Gasteiger partial charge in [0, 0.05) is 59.8 Å². The van der Waals surface area contributed by atoms with Crippen LogP contribution < -0.4 is 9.64 Å². The summed E-state index contributed by atoms with van der Waals surface area (Å²) >= 11 is 13.0. The van der Waals surface area contributed by atoms with Crippen molar-refractivity contribution in [3.63, 3.8) is 0 Å². The Morgan fingerprint density at radius 2 is 1.85 bits per heavy atom. The van der Waals surface area contributed by atoms with Crippen LogP contribution in [0.25, 0.3) is 27.7 Å². The molecule has 0 amide bonds. The number of hydrogen-bond donors (Lipinski definition) is 1. The number of hydrogen-bond acceptors (Lipinski definition) is 7. The van der Waals surface area contributed by atoms with E-state index in [1.165, 1.54) is 11.3 Å². The third-order valence-corrected chi connectivity index (χ3v) is 8.83. The van der Waals surface area contributed by atoms with E-state index in [1.54, 1.807) is 18.6 Å². The van der Waals surface area contributed by atoms with Crippen LogP contribution in [0, 0.1) is 5.41 Å². The Labute approximate surface area is 236 Å². The third kappa shape index (κ3) is 4.46. The molecule has 3 aliphatic rings. The van der Waals surface area contributed by atoms with Crippen LogP contribution in [0.2, 0.25) is 10.0 Å². The predicted octanol–water partition coefficient (Wildman–Crippen LogP) is 6.91. The normalized spacial score (nSPS) is 18.3. The lowest BCUT2D eigenvalue weighted by Gasteiger charge is -2.47. The van der Waals surface area contributed by atoms with Gasteiger partial charge in [-0.3, -0.25) is 9.97 Å². The Kier molecular flexibility index (Phi) is 6.26. The van der Waals surface area contributed by atoms with Gasteiger partial charge in [0.2, 0.25) is 0 Å². The molecular formula is C30H28Cl2N4O3. The van der Waals surface area contributed by atoms with Gasteiger partial charge in [0.25, 0.3) is 0 Å². The van der Waals surface area contributed by atoms with Crippen molar-refractivity contribution in [3.05, 3.63) is 70.3 Å². The number of halogens is 2. The van der Waals surface area contributed by atoms with E-state index in [2.05, 4.69) is 38.2 Å². The van der Waals surface area contributed by atoms with E-state index in [1.807, 2.05) is 12.1 Å². The van der Waals surface area contributed by atoms with Gasteiger partial charge in [0.1, 0.15) is 23.8 Å². The summed E-state index contributed by atoms with van der Waals surface area (Å²) in [6, 6.07) is 8.20. The first-order chi connectivity index (χ1) is 19.0. The van der Waals surface area contributed by atoms with Crippen molar-refractivity contribution in [1.82, 2.24) is 15.1 Å². The molecule has 1 saturated carbocycles. The first kappa shape index (κ1) is 24.9. The molecule has 1 aliphatic heterocycles. The smallest absolute Gasteiger partial charge is 0.147 e. The average Bonchev–Trinajstić information content (AvgIpc) is 3.69. The third-order valence-electron chi connectivity index (χ3n) is 8.26. The zero-order valence-corrected chi connectivity index (χ0v) is 22.9. The molecule has 0 unspecified atom stereocenters. The first-order valence-electron chi connectivity index (χ1n) is 13.4. The molecule has 3 aromatic heterocycles. The lowest BCUT2D eigenvalue weighted by atomic mass is 9.63. The van der Waals surface area contributed by atoms with Gasteiger partial charge in [0.05, 0.1) is 22.2 Å². The highest BCUT2D eigenvalue weighted by atomic mass is 35.5. The molecule has 9 heteroatoms. The van der Waals surface area contributed by atoms with Gasteiger partial charge in [-0.05, 0) is 67.4 Å². The summed E-state index contributed by atoms with van der Waals surface area (Å²) in [5.41, 5.74) is 6.04. The van der Waals surface area contributed by atoms with E-state index in [0.29, 0.717) is 21.5 Å².